The van der Waals surface area contributed by atoms with Crippen LogP contribution in [-0.2, 0) is 26.3 Å². The number of ether oxygens (including phenoxy) is 1. The molecule has 0 amide bonds. The molecule has 7 heteroatoms. The van der Waals surface area contributed by atoms with Gasteiger partial charge in [0.1, 0.15) is 11.6 Å². The zero-order valence-electron chi connectivity index (χ0n) is 16.6. The van der Waals surface area contributed by atoms with Gasteiger partial charge in [0, 0.05) is 25.2 Å². The first-order chi connectivity index (χ1) is 13.7. The zero-order chi connectivity index (χ0) is 19.3. The van der Waals surface area contributed by atoms with Crippen molar-refractivity contribution >= 4 is 5.95 Å². The molecule has 3 aromatic rings. The molecule has 0 saturated heterocycles. The van der Waals surface area contributed by atoms with Gasteiger partial charge in [-0.25, -0.2) is 0 Å². The van der Waals surface area contributed by atoms with Gasteiger partial charge >= 0.3 is 0 Å². The average Bonchev–Trinajstić information content (AvgIpc) is 3.34. The summed E-state index contributed by atoms with van der Waals surface area (Å²) in [6, 6.07) is 6.66. The van der Waals surface area contributed by atoms with Crippen LogP contribution < -0.4 is 9.64 Å². The van der Waals surface area contributed by atoms with Crippen molar-refractivity contribution in [1.82, 2.24) is 25.0 Å². The zero-order valence-corrected chi connectivity index (χ0v) is 16.6. The minimum Gasteiger partial charge on any atom is -0.497 e. The molecular weight excluding hydrogens is 352 g/mol. The van der Waals surface area contributed by atoms with E-state index in [1.54, 1.807) is 7.11 Å². The van der Waals surface area contributed by atoms with Crippen molar-refractivity contribution in [2.24, 2.45) is 7.05 Å². The van der Waals surface area contributed by atoms with Gasteiger partial charge in [0.2, 0.25) is 5.95 Å². The number of aromatic amines is 1. The largest absolute Gasteiger partial charge is 0.497 e. The summed E-state index contributed by atoms with van der Waals surface area (Å²) in [6.07, 6.45) is 6.03. The number of rotatable bonds is 3. The van der Waals surface area contributed by atoms with E-state index in [0.717, 1.165) is 49.8 Å². The van der Waals surface area contributed by atoms with Gasteiger partial charge in [0.05, 0.1) is 19.3 Å². The van der Waals surface area contributed by atoms with Gasteiger partial charge in [-0.1, -0.05) is 6.07 Å². The molecule has 0 fully saturated rings. The number of nitrogens with zero attached hydrogens (tertiary/aromatic N) is 5. The van der Waals surface area contributed by atoms with E-state index in [2.05, 4.69) is 56.0 Å². The topological polar surface area (TPSA) is 71.9 Å². The Hall–Kier alpha value is -2.83. The van der Waals surface area contributed by atoms with Crippen molar-refractivity contribution in [3.05, 3.63) is 52.6 Å². The fraction of sp³-hybridized carbons (Fsp3) is 0.476. The first-order valence-electron chi connectivity index (χ1n) is 9.99. The fourth-order valence-corrected chi connectivity index (χ4v) is 4.78. The van der Waals surface area contributed by atoms with Crippen molar-refractivity contribution in [3.63, 3.8) is 0 Å². The second-order valence-electron chi connectivity index (χ2n) is 7.91. The molecule has 1 aliphatic carbocycles. The molecule has 2 aromatic heterocycles. The fourth-order valence-electron chi connectivity index (χ4n) is 4.78. The Balaban J connectivity index is 1.42. The van der Waals surface area contributed by atoms with Crippen molar-refractivity contribution < 1.29 is 4.74 Å². The number of H-pyrrole nitrogens is 1. The van der Waals surface area contributed by atoms with E-state index in [1.165, 1.54) is 22.4 Å². The van der Waals surface area contributed by atoms with Crippen LogP contribution in [0.2, 0.25) is 0 Å². The van der Waals surface area contributed by atoms with Gasteiger partial charge in [-0.05, 0) is 61.4 Å². The van der Waals surface area contributed by atoms with Crippen molar-refractivity contribution in [3.8, 4) is 5.75 Å². The van der Waals surface area contributed by atoms with Crippen molar-refractivity contribution in [1.29, 1.82) is 0 Å². The molecule has 0 radical (unpaired) electrons. The van der Waals surface area contributed by atoms with Crippen LogP contribution in [0.25, 0.3) is 0 Å². The van der Waals surface area contributed by atoms with Gasteiger partial charge in [0.15, 0.2) is 0 Å². The van der Waals surface area contributed by atoms with Crippen LogP contribution in [0, 0.1) is 0 Å². The summed E-state index contributed by atoms with van der Waals surface area (Å²) in [6.45, 7) is 3.18. The Kier molecular flexibility index (Phi) is 4.10. The number of nitrogens with one attached hydrogen (secondary N) is 1. The predicted octanol–water partition coefficient (Wildman–Crippen LogP) is 2.94. The Bertz CT molecular complexity index is 1010. The highest BCUT2D eigenvalue weighted by molar-refractivity contribution is 5.46. The van der Waals surface area contributed by atoms with Gasteiger partial charge in [0.25, 0.3) is 0 Å². The molecule has 1 N–H and O–H groups in total. The summed E-state index contributed by atoms with van der Waals surface area (Å²) in [4.78, 5) is 2.37. The van der Waals surface area contributed by atoms with Crippen molar-refractivity contribution in [2.75, 3.05) is 18.6 Å². The molecule has 0 spiro atoms. The number of benzene rings is 1. The van der Waals surface area contributed by atoms with E-state index >= 15 is 0 Å². The summed E-state index contributed by atoms with van der Waals surface area (Å²) in [5, 5.41) is 16.5. The van der Waals surface area contributed by atoms with E-state index in [0.29, 0.717) is 5.92 Å². The summed E-state index contributed by atoms with van der Waals surface area (Å²) >= 11 is 0. The normalized spacial score (nSPS) is 21.3. The minimum absolute atomic E-state index is 0.261. The molecule has 3 heterocycles. The van der Waals surface area contributed by atoms with E-state index < -0.39 is 0 Å². The molecule has 1 aliphatic heterocycles. The minimum atomic E-state index is 0.261. The van der Waals surface area contributed by atoms with Crippen LogP contribution in [0.15, 0.2) is 24.4 Å². The van der Waals surface area contributed by atoms with Gasteiger partial charge in [-0.3, -0.25) is 5.10 Å². The lowest BCUT2D eigenvalue weighted by atomic mass is 9.87. The second kappa shape index (κ2) is 6.65. The molecule has 0 bridgehead atoms. The Labute approximate surface area is 164 Å². The van der Waals surface area contributed by atoms with Crippen LogP contribution in [-0.4, -0.2) is 38.6 Å². The lowest BCUT2D eigenvalue weighted by molar-refractivity contribution is 0.413. The number of methoxy groups -OCH3 is 1. The number of aromatic nitrogens is 5. The van der Waals surface area contributed by atoms with Crippen LogP contribution >= 0.6 is 0 Å². The van der Waals surface area contributed by atoms with E-state index in [1.807, 2.05) is 12.3 Å². The third kappa shape index (κ3) is 2.68. The molecule has 2 unspecified atom stereocenters. The highest BCUT2D eigenvalue weighted by atomic mass is 16.5. The Morgan fingerprint density at radius 3 is 2.93 bits per heavy atom. The van der Waals surface area contributed by atoms with Gasteiger partial charge in [-0.15, -0.1) is 10.2 Å². The lowest BCUT2D eigenvalue weighted by Gasteiger charge is -2.36. The number of fused-ring (bicyclic) bond motifs is 2. The summed E-state index contributed by atoms with van der Waals surface area (Å²) < 4.78 is 7.58. The van der Waals surface area contributed by atoms with E-state index in [-0.39, 0.29) is 6.04 Å². The van der Waals surface area contributed by atoms with E-state index in [4.69, 9.17) is 4.74 Å². The number of hydrogen-bond acceptors (Lipinski definition) is 5. The maximum Gasteiger partial charge on any atom is 0.227 e. The molecule has 5 rings (SSSR count). The lowest BCUT2D eigenvalue weighted by Crippen LogP contribution is -2.35. The third-order valence-electron chi connectivity index (χ3n) is 6.41. The SMILES string of the molecule is COc1ccc2c(c1)CCN(c1nnc(C3CCc4[nH]ncc4C3)n1C)C2C. The van der Waals surface area contributed by atoms with Crippen LogP contribution in [0.3, 0.4) is 0 Å². The molecule has 0 saturated carbocycles. The van der Waals surface area contributed by atoms with Gasteiger partial charge in [-0.2, -0.15) is 5.10 Å². The molecule has 1 aromatic carbocycles. The molecular formula is C21H26N6O. The quantitative estimate of drug-likeness (QED) is 0.759. The van der Waals surface area contributed by atoms with Gasteiger partial charge < -0.3 is 14.2 Å². The molecule has 28 heavy (non-hydrogen) atoms. The number of hydrogen-bond donors (Lipinski definition) is 1. The average molecular weight is 378 g/mol. The maximum absolute atomic E-state index is 5.39. The molecule has 146 valence electrons. The van der Waals surface area contributed by atoms with Crippen molar-refractivity contribution in [2.45, 2.75) is 44.6 Å². The molecule has 2 aliphatic rings. The maximum atomic E-state index is 5.39. The monoisotopic (exact) mass is 378 g/mol. The highest BCUT2D eigenvalue weighted by Gasteiger charge is 2.31. The Morgan fingerprint density at radius 1 is 1.18 bits per heavy atom. The number of aryl methyl sites for hydroxylation is 1. The highest BCUT2D eigenvalue weighted by Crippen LogP contribution is 2.36. The standard InChI is InChI=1S/C21H26N6O/c1-13-18-6-5-17(28-3)11-14(18)8-9-27(13)21-25-24-20(26(21)2)15-4-7-19-16(10-15)12-22-23-19/h5-6,11-13,15H,4,7-10H2,1-3H3,(H,22,23). The van der Waals surface area contributed by atoms with Crippen LogP contribution in [0.4, 0.5) is 5.95 Å². The Morgan fingerprint density at radius 2 is 2.07 bits per heavy atom. The number of anilines is 1. The predicted molar refractivity (Wildman–Crippen MR) is 107 cm³/mol. The summed E-state index contributed by atoms with van der Waals surface area (Å²) in [7, 11) is 3.82. The first-order valence-corrected chi connectivity index (χ1v) is 9.99. The third-order valence-corrected chi connectivity index (χ3v) is 6.41. The molecule has 2 atom stereocenters. The smallest absolute Gasteiger partial charge is 0.227 e. The van der Waals surface area contributed by atoms with E-state index in [9.17, 15) is 0 Å². The second-order valence-corrected chi connectivity index (χ2v) is 7.91. The van der Waals surface area contributed by atoms with Crippen LogP contribution in [0.1, 0.15) is 53.5 Å². The molecule has 7 nitrogen and oxygen atoms in total. The summed E-state index contributed by atoms with van der Waals surface area (Å²) in [5.41, 5.74) is 5.30. The van der Waals surface area contributed by atoms with Crippen LogP contribution in [0.5, 0.6) is 5.75 Å². The first kappa shape index (κ1) is 17.3. The summed E-state index contributed by atoms with van der Waals surface area (Å²) in [5.74, 6) is 3.36.